The number of rotatable bonds is 6. The van der Waals surface area contributed by atoms with Crippen LogP contribution in [0.3, 0.4) is 0 Å². The zero-order valence-corrected chi connectivity index (χ0v) is 16.1. The molecule has 2 atom stereocenters. The molecule has 0 radical (unpaired) electrons. The number of piperidine rings is 1. The van der Waals surface area contributed by atoms with Crippen molar-refractivity contribution in [2.24, 2.45) is 11.7 Å². The van der Waals surface area contributed by atoms with Crippen molar-refractivity contribution in [2.45, 2.75) is 38.6 Å². The average Bonchev–Trinajstić information content (AvgIpc) is 2.59. The fourth-order valence-electron chi connectivity index (χ4n) is 2.97. The van der Waals surface area contributed by atoms with Crippen LogP contribution in [-0.4, -0.2) is 42.4 Å². The molecule has 2 amide bonds. The predicted molar refractivity (Wildman–Crippen MR) is 103 cm³/mol. The van der Waals surface area contributed by atoms with Crippen LogP contribution in [0.4, 0.5) is 0 Å². The Morgan fingerprint density at radius 1 is 1.36 bits per heavy atom. The Labute approximate surface area is 160 Å². The molecule has 0 aliphatic carbocycles. The summed E-state index contributed by atoms with van der Waals surface area (Å²) in [5, 5.41) is 3.43. The van der Waals surface area contributed by atoms with E-state index >= 15 is 0 Å². The van der Waals surface area contributed by atoms with Crippen molar-refractivity contribution in [1.29, 1.82) is 0 Å². The number of nitrogens with zero attached hydrogens (tertiary/aromatic N) is 1. The second-order valence-corrected chi connectivity index (χ2v) is 6.90. The van der Waals surface area contributed by atoms with Gasteiger partial charge in [0.2, 0.25) is 5.91 Å². The Kier molecular flexibility index (Phi) is 9.25. The lowest BCUT2D eigenvalue weighted by molar-refractivity contribution is -0.133. The highest BCUT2D eigenvalue weighted by atomic mass is 35.5. The molecule has 1 fully saturated rings. The van der Waals surface area contributed by atoms with Crippen LogP contribution < -0.4 is 11.1 Å². The Morgan fingerprint density at radius 2 is 2.04 bits per heavy atom. The van der Waals surface area contributed by atoms with Gasteiger partial charge in [-0.1, -0.05) is 11.6 Å². The smallest absolute Gasteiger partial charge is 0.251 e. The van der Waals surface area contributed by atoms with Gasteiger partial charge in [-0.2, -0.15) is 0 Å². The molecule has 7 heteroatoms. The second-order valence-electron chi connectivity index (χ2n) is 6.47. The van der Waals surface area contributed by atoms with Crippen LogP contribution in [-0.2, 0) is 4.79 Å². The summed E-state index contributed by atoms with van der Waals surface area (Å²) in [5.41, 5.74) is 6.53. The lowest BCUT2D eigenvalue weighted by atomic mass is 9.92. The summed E-state index contributed by atoms with van der Waals surface area (Å²) in [6, 6.07) is 6.87. The van der Waals surface area contributed by atoms with Crippen molar-refractivity contribution in [3.8, 4) is 0 Å². The first-order chi connectivity index (χ1) is 11.5. The van der Waals surface area contributed by atoms with E-state index in [0.717, 1.165) is 25.9 Å². The number of carbonyl (C=O) groups excluding carboxylic acids is 2. The van der Waals surface area contributed by atoms with Gasteiger partial charge in [0.1, 0.15) is 0 Å². The van der Waals surface area contributed by atoms with E-state index in [1.165, 1.54) is 0 Å². The Balaban J connectivity index is 0.00000312. The lowest BCUT2D eigenvalue weighted by Crippen LogP contribution is -2.45. The lowest BCUT2D eigenvalue weighted by Gasteiger charge is -2.34. The molecule has 1 heterocycles. The van der Waals surface area contributed by atoms with E-state index < -0.39 is 0 Å². The highest BCUT2D eigenvalue weighted by Gasteiger charge is 2.25. The minimum absolute atomic E-state index is 0. The first-order valence-electron chi connectivity index (χ1n) is 8.54. The summed E-state index contributed by atoms with van der Waals surface area (Å²) >= 11 is 5.80. The third kappa shape index (κ3) is 6.84. The summed E-state index contributed by atoms with van der Waals surface area (Å²) in [5.74, 6) is 0.405. The van der Waals surface area contributed by atoms with Crippen molar-refractivity contribution in [2.75, 3.05) is 19.6 Å². The van der Waals surface area contributed by atoms with E-state index in [-0.39, 0.29) is 30.3 Å². The molecule has 2 rings (SSSR count). The number of carbonyl (C=O) groups is 2. The summed E-state index contributed by atoms with van der Waals surface area (Å²) < 4.78 is 0. The van der Waals surface area contributed by atoms with Gasteiger partial charge in [-0.3, -0.25) is 9.59 Å². The van der Waals surface area contributed by atoms with Gasteiger partial charge in [0.15, 0.2) is 0 Å². The molecule has 3 N–H and O–H groups in total. The molecule has 1 saturated heterocycles. The normalized spacial score (nSPS) is 18.2. The maximum atomic E-state index is 12.3. The third-order valence-corrected chi connectivity index (χ3v) is 4.77. The fraction of sp³-hybridized carbons (Fsp3) is 0.556. The minimum atomic E-state index is -0.144. The van der Waals surface area contributed by atoms with Crippen LogP contribution in [0.25, 0.3) is 0 Å². The van der Waals surface area contributed by atoms with Gasteiger partial charge in [0, 0.05) is 42.7 Å². The number of halogens is 2. The quantitative estimate of drug-likeness (QED) is 0.736. The Bertz CT molecular complexity index is 564. The number of nitrogens with one attached hydrogen (secondary N) is 1. The van der Waals surface area contributed by atoms with E-state index in [4.69, 9.17) is 17.3 Å². The topological polar surface area (TPSA) is 75.4 Å². The van der Waals surface area contributed by atoms with E-state index in [9.17, 15) is 9.59 Å². The largest absolute Gasteiger partial charge is 0.352 e. The van der Waals surface area contributed by atoms with Crippen molar-refractivity contribution < 1.29 is 9.59 Å². The Hall–Kier alpha value is -1.30. The SMILES string of the molecule is CC(N)C1CCCN(C(=O)CCCNC(=O)c2ccc(Cl)cc2)C1.Cl. The van der Waals surface area contributed by atoms with Crippen LogP contribution in [0.15, 0.2) is 24.3 Å². The molecule has 0 spiro atoms. The summed E-state index contributed by atoms with van der Waals surface area (Å²) in [6.45, 7) is 4.06. The van der Waals surface area contributed by atoms with E-state index in [0.29, 0.717) is 35.9 Å². The summed E-state index contributed by atoms with van der Waals surface area (Å²) in [7, 11) is 0. The number of likely N-dealkylation sites (tertiary alicyclic amines) is 1. The van der Waals surface area contributed by atoms with E-state index in [1.807, 2.05) is 11.8 Å². The molecule has 140 valence electrons. The molecule has 0 bridgehead atoms. The van der Waals surface area contributed by atoms with Gasteiger partial charge in [0.25, 0.3) is 5.91 Å². The standard InChI is InChI=1S/C18H26ClN3O2.ClH/c1-13(20)15-4-3-11-22(12-15)17(23)5-2-10-21-18(24)14-6-8-16(19)9-7-14;/h6-9,13,15H,2-5,10-12,20H2,1H3,(H,21,24);1H. The van der Waals surface area contributed by atoms with Crippen LogP contribution in [0.5, 0.6) is 0 Å². The van der Waals surface area contributed by atoms with Crippen molar-refractivity contribution in [3.05, 3.63) is 34.9 Å². The number of nitrogens with two attached hydrogens (primary N) is 1. The molecule has 2 unspecified atom stereocenters. The number of amides is 2. The third-order valence-electron chi connectivity index (χ3n) is 4.51. The molecular formula is C18H27Cl2N3O2. The van der Waals surface area contributed by atoms with Crippen molar-refractivity contribution in [3.63, 3.8) is 0 Å². The number of benzene rings is 1. The highest BCUT2D eigenvalue weighted by Crippen LogP contribution is 2.19. The molecule has 0 aromatic heterocycles. The van der Waals surface area contributed by atoms with Crippen molar-refractivity contribution in [1.82, 2.24) is 10.2 Å². The van der Waals surface area contributed by atoms with Crippen LogP contribution in [0.1, 0.15) is 43.0 Å². The van der Waals surface area contributed by atoms with Crippen LogP contribution in [0.2, 0.25) is 5.02 Å². The maximum Gasteiger partial charge on any atom is 0.251 e. The zero-order chi connectivity index (χ0) is 17.5. The number of hydrogen-bond acceptors (Lipinski definition) is 3. The molecule has 1 aliphatic heterocycles. The zero-order valence-electron chi connectivity index (χ0n) is 14.5. The fourth-order valence-corrected chi connectivity index (χ4v) is 3.09. The molecule has 0 saturated carbocycles. The van der Waals surface area contributed by atoms with Crippen LogP contribution in [0, 0.1) is 5.92 Å². The average molecular weight is 388 g/mol. The highest BCUT2D eigenvalue weighted by molar-refractivity contribution is 6.30. The maximum absolute atomic E-state index is 12.3. The molecule has 5 nitrogen and oxygen atoms in total. The Morgan fingerprint density at radius 3 is 2.68 bits per heavy atom. The number of hydrogen-bond donors (Lipinski definition) is 2. The first kappa shape index (κ1) is 21.7. The van der Waals surface area contributed by atoms with Gasteiger partial charge in [-0.05, 0) is 56.4 Å². The second kappa shape index (κ2) is 10.6. The van der Waals surface area contributed by atoms with Gasteiger partial charge in [0.05, 0.1) is 0 Å². The molecule has 1 aromatic carbocycles. The van der Waals surface area contributed by atoms with Gasteiger partial charge < -0.3 is 16.0 Å². The summed E-state index contributed by atoms with van der Waals surface area (Å²) in [6.07, 6.45) is 3.20. The van der Waals surface area contributed by atoms with E-state index in [2.05, 4.69) is 5.32 Å². The summed E-state index contributed by atoms with van der Waals surface area (Å²) in [4.78, 5) is 26.1. The monoisotopic (exact) mass is 387 g/mol. The predicted octanol–water partition coefficient (Wildman–Crippen LogP) is 2.86. The molecule has 25 heavy (non-hydrogen) atoms. The van der Waals surface area contributed by atoms with Gasteiger partial charge >= 0.3 is 0 Å². The van der Waals surface area contributed by atoms with Crippen molar-refractivity contribution >= 4 is 35.8 Å². The minimum Gasteiger partial charge on any atom is -0.352 e. The van der Waals surface area contributed by atoms with Gasteiger partial charge in [-0.15, -0.1) is 12.4 Å². The molecule has 1 aliphatic rings. The molecule has 1 aromatic rings. The van der Waals surface area contributed by atoms with Crippen LogP contribution >= 0.6 is 24.0 Å². The van der Waals surface area contributed by atoms with Gasteiger partial charge in [-0.25, -0.2) is 0 Å². The van der Waals surface area contributed by atoms with E-state index in [1.54, 1.807) is 24.3 Å². The first-order valence-corrected chi connectivity index (χ1v) is 8.92. The molecular weight excluding hydrogens is 361 g/mol.